The highest BCUT2D eigenvalue weighted by atomic mass is 19.1. The van der Waals surface area contributed by atoms with Crippen molar-refractivity contribution >= 4 is 21.5 Å². The molecule has 0 amide bonds. The van der Waals surface area contributed by atoms with Crippen molar-refractivity contribution in [2.75, 3.05) is 0 Å². The molecule has 0 spiro atoms. The van der Waals surface area contributed by atoms with Gasteiger partial charge in [-0.25, -0.2) is 8.78 Å². The molecular formula is C36H25F2NO3. The number of rotatable bonds is 4. The summed E-state index contributed by atoms with van der Waals surface area (Å²) in [6, 6.07) is 36.5. The summed E-state index contributed by atoms with van der Waals surface area (Å²) in [5.74, 6) is -0.293. The molecule has 0 fully saturated rings. The van der Waals surface area contributed by atoms with E-state index in [1.807, 2.05) is 72.8 Å². The molecule has 42 heavy (non-hydrogen) atoms. The van der Waals surface area contributed by atoms with Crippen LogP contribution in [0, 0.1) is 11.6 Å². The van der Waals surface area contributed by atoms with Crippen molar-refractivity contribution in [1.29, 1.82) is 0 Å². The summed E-state index contributed by atoms with van der Waals surface area (Å²) in [6.45, 7) is 0. The molecule has 4 nitrogen and oxygen atoms in total. The van der Waals surface area contributed by atoms with Crippen LogP contribution in [0.5, 0.6) is 11.5 Å². The van der Waals surface area contributed by atoms with Crippen LogP contribution in [0.15, 0.2) is 121 Å². The van der Waals surface area contributed by atoms with Gasteiger partial charge >= 0.3 is 0 Å². The third kappa shape index (κ3) is 3.87. The maximum atomic E-state index is 14.0. The minimum atomic E-state index is -0.884. The second kappa shape index (κ2) is 9.65. The number of halogens is 2. The monoisotopic (exact) mass is 557 g/mol. The Kier molecular flexibility index (Phi) is 5.74. The predicted molar refractivity (Wildman–Crippen MR) is 157 cm³/mol. The summed E-state index contributed by atoms with van der Waals surface area (Å²) < 4.78 is 41.1. The first-order chi connectivity index (χ1) is 20.6. The summed E-state index contributed by atoms with van der Waals surface area (Å²) >= 11 is 0. The van der Waals surface area contributed by atoms with E-state index >= 15 is 0 Å². The molecule has 2 aliphatic heterocycles. The van der Waals surface area contributed by atoms with Gasteiger partial charge in [-0.3, -0.25) is 0 Å². The zero-order valence-electron chi connectivity index (χ0n) is 22.3. The first-order valence-corrected chi connectivity index (χ1v) is 13.9. The van der Waals surface area contributed by atoms with E-state index in [0.717, 1.165) is 48.9 Å². The Hall–Kier alpha value is -4.78. The highest BCUT2D eigenvalue weighted by molar-refractivity contribution is 5.90. The second-order valence-electron chi connectivity index (χ2n) is 10.9. The topological polar surface area (TPSA) is 41.9 Å². The predicted octanol–water partition coefficient (Wildman–Crippen LogP) is 8.36. The number of hydroxylamine groups is 2. The molecule has 0 unspecified atom stereocenters. The lowest BCUT2D eigenvalue weighted by molar-refractivity contribution is -0.251. The van der Waals surface area contributed by atoms with Crippen LogP contribution in [0.2, 0.25) is 0 Å². The molecule has 0 bridgehead atoms. The molecule has 6 aromatic carbocycles. The average Bonchev–Trinajstić information content (AvgIpc) is 3.61. The second-order valence-corrected chi connectivity index (χ2v) is 10.9. The SMILES string of the molecule is ON([C@H]1Oc2ccc3ccccc3c2[C@@H]1c1ccc(F)cc1)[C@H]1Oc2ccc3ccccc3c2[C@@H]1c1ccc(F)cc1. The standard InChI is InChI=1S/C36H25F2NO3/c37-25-15-9-23(10-16-25)31-33-27-7-3-1-5-21(27)13-19-29(33)41-35(31)39(40)36-32(24-11-17-26(38)18-12-24)34-28-8-4-2-6-22(28)14-20-30(34)42-36/h1-20,31-32,35-36,40H/t31-,32-,35-,36-/m0/s1. The van der Waals surface area contributed by atoms with Crippen LogP contribution in [0.1, 0.15) is 34.1 Å². The van der Waals surface area contributed by atoms with Gasteiger partial charge in [0.2, 0.25) is 0 Å². The van der Waals surface area contributed by atoms with Gasteiger partial charge in [-0.1, -0.05) is 84.9 Å². The first-order valence-electron chi connectivity index (χ1n) is 13.9. The van der Waals surface area contributed by atoms with Gasteiger partial charge < -0.3 is 14.7 Å². The maximum absolute atomic E-state index is 14.0. The van der Waals surface area contributed by atoms with Crippen LogP contribution in [0.3, 0.4) is 0 Å². The summed E-state index contributed by atoms with van der Waals surface area (Å²) in [7, 11) is 0. The fraction of sp³-hybridized carbons (Fsp3) is 0.111. The van der Waals surface area contributed by atoms with Gasteiger partial charge in [0.15, 0.2) is 12.5 Å². The molecule has 6 heteroatoms. The minimum absolute atomic E-state index is 0.342. The number of hydrogen-bond donors (Lipinski definition) is 1. The van der Waals surface area contributed by atoms with E-state index in [9.17, 15) is 14.0 Å². The van der Waals surface area contributed by atoms with Crippen molar-refractivity contribution in [2.45, 2.75) is 24.3 Å². The lowest BCUT2D eigenvalue weighted by atomic mass is 9.85. The van der Waals surface area contributed by atoms with E-state index in [1.54, 1.807) is 24.3 Å². The molecule has 0 aromatic heterocycles. The van der Waals surface area contributed by atoms with Crippen molar-refractivity contribution in [3.8, 4) is 11.5 Å². The normalized spacial score (nSPS) is 20.9. The van der Waals surface area contributed by atoms with Crippen LogP contribution < -0.4 is 9.47 Å². The van der Waals surface area contributed by atoms with Crippen LogP contribution in [0.4, 0.5) is 8.78 Å². The lowest BCUT2D eigenvalue weighted by Gasteiger charge is -2.33. The molecular weight excluding hydrogens is 532 g/mol. The van der Waals surface area contributed by atoms with Crippen molar-refractivity contribution in [1.82, 2.24) is 5.06 Å². The molecule has 2 aliphatic rings. The summed E-state index contributed by atoms with van der Waals surface area (Å²) in [5, 5.41) is 17.4. The van der Waals surface area contributed by atoms with E-state index in [1.165, 1.54) is 24.3 Å². The Morgan fingerprint density at radius 3 is 1.33 bits per heavy atom. The number of fused-ring (bicyclic) bond motifs is 6. The molecule has 2 heterocycles. The largest absolute Gasteiger partial charge is 0.471 e. The fourth-order valence-electron chi connectivity index (χ4n) is 6.64. The van der Waals surface area contributed by atoms with Crippen molar-refractivity contribution in [2.24, 2.45) is 0 Å². The van der Waals surface area contributed by atoms with E-state index < -0.39 is 24.3 Å². The van der Waals surface area contributed by atoms with E-state index in [-0.39, 0.29) is 11.6 Å². The van der Waals surface area contributed by atoms with Gasteiger partial charge in [-0.05, 0) is 69.1 Å². The lowest BCUT2D eigenvalue weighted by Crippen LogP contribution is -2.49. The number of benzene rings is 6. The minimum Gasteiger partial charge on any atom is -0.471 e. The third-order valence-corrected chi connectivity index (χ3v) is 8.53. The van der Waals surface area contributed by atoms with Gasteiger partial charge in [0.05, 0.1) is 11.8 Å². The van der Waals surface area contributed by atoms with Gasteiger partial charge in [0.25, 0.3) is 0 Å². The molecule has 6 aromatic rings. The Morgan fingerprint density at radius 1 is 0.500 bits per heavy atom. The Bertz CT molecular complexity index is 1820. The highest BCUT2D eigenvalue weighted by Gasteiger charge is 2.49. The quantitative estimate of drug-likeness (QED) is 0.221. The van der Waals surface area contributed by atoms with E-state index in [0.29, 0.717) is 11.5 Å². The first kappa shape index (κ1) is 25.0. The zero-order chi connectivity index (χ0) is 28.4. The fourth-order valence-corrected chi connectivity index (χ4v) is 6.64. The number of ether oxygens (including phenoxy) is 2. The molecule has 4 atom stereocenters. The molecule has 0 saturated heterocycles. The van der Waals surface area contributed by atoms with Crippen molar-refractivity contribution in [3.05, 3.63) is 155 Å². The summed E-state index contributed by atoms with van der Waals surface area (Å²) in [4.78, 5) is 0. The summed E-state index contributed by atoms with van der Waals surface area (Å²) in [6.07, 6.45) is -1.77. The van der Waals surface area contributed by atoms with Gasteiger partial charge in [0, 0.05) is 11.1 Å². The molecule has 1 N–H and O–H groups in total. The Morgan fingerprint density at radius 2 is 0.905 bits per heavy atom. The van der Waals surface area contributed by atoms with Gasteiger partial charge in [-0.2, -0.15) is 0 Å². The van der Waals surface area contributed by atoms with E-state index in [4.69, 9.17) is 9.47 Å². The highest BCUT2D eigenvalue weighted by Crippen LogP contribution is 2.51. The maximum Gasteiger partial charge on any atom is 0.189 e. The molecule has 0 saturated carbocycles. The van der Waals surface area contributed by atoms with Crippen LogP contribution >= 0.6 is 0 Å². The average molecular weight is 558 g/mol. The summed E-state index contributed by atoms with van der Waals surface area (Å²) in [5.41, 5.74) is 3.44. The third-order valence-electron chi connectivity index (χ3n) is 8.53. The Balaban J connectivity index is 1.28. The van der Waals surface area contributed by atoms with Crippen LogP contribution in [-0.2, 0) is 0 Å². The van der Waals surface area contributed by atoms with Crippen LogP contribution in [0.25, 0.3) is 21.5 Å². The van der Waals surface area contributed by atoms with E-state index in [2.05, 4.69) is 0 Å². The number of hydrogen-bond acceptors (Lipinski definition) is 4. The zero-order valence-corrected chi connectivity index (χ0v) is 22.3. The van der Waals surface area contributed by atoms with Crippen LogP contribution in [-0.4, -0.2) is 22.7 Å². The van der Waals surface area contributed by atoms with Crippen molar-refractivity contribution in [3.63, 3.8) is 0 Å². The molecule has 206 valence electrons. The number of nitrogens with zero attached hydrogens (tertiary/aromatic N) is 1. The molecule has 0 aliphatic carbocycles. The van der Waals surface area contributed by atoms with Crippen molar-refractivity contribution < 1.29 is 23.5 Å². The smallest absolute Gasteiger partial charge is 0.189 e. The van der Waals surface area contributed by atoms with Gasteiger partial charge in [0.1, 0.15) is 23.1 Å². The van der Waals surface area contributed by atoms with Gasteiger partial charge in [-0.15, -0.1) is 5.06 Å². The molecule has 8 rings (SSSR count). The molecule has 0 radical (unpaired) electrons. The Labute approximate surface area is 240 Å².